The van der Waals surface area contributed by atoms with E-state index in [0.29, 0.717) is 12.6 Å². The van der Waals surface area contributed by atoms with Crippen LogP contribution in [0.1, 0.15) is 31.4 Å². The van der Waals surface area contributed by atoms with Gasteiger partial charge in [0.2, 0.25) is 0 Å². The van der Waals surface area contributed by atoms with Gasteiger partial charge in [-0.3, -0.25) is 4.90 Å². The van der Waals surface area contributed by atoms with E-state index >= 15 is 0 Å². The van der Waals surface area contributed by atoms with Crippen molar-refractivity contribution in [3.63, 3.8) is 0 Å². The van der Waals surface area contributed by atoms with Crippen molar-refractivity contribution in [1.29, 1.82) is 0 Å². The van der Waals surface area contributed by atoms with Gasteiger partial charge in [0, 0.05) is 32.2 Å². The minimum absolute atomic E-state index is 0.293. The zero-order valence-corrected chi connectivity index (χ0v) is 13.4. The van der Waals surface area contributed by atoms with Gasteiger partial charge in [0.15, 0.2) is 0 Å². The molecule has 0 amide bonds. The monoisotopic (exact) mass is 291 g/mol. The summed E-state index contributed by atoms with van der Waals surface area (Å²) in [5, 5.41) is 0. The average Bonchev–Trinajstić information content (AvgIpc) is 2.72. The number of nitrogens with two attached hydrogens (primary N) is 1. The number of benzene rings is 1. The summed E-state index contributed by atoms with van der Waals surface area (Å²) in [6, 6.07) is 8.73. The van der Waals surface area contributed by atoms with Crippen molar-refractivity contribution in [2.45, 2.75) is 25.8 Å². The van der Waals surface area contributed by atoms with Crippen LogP contribution < -0.4 is 10.5 Å². The van der Waals surface area contributed by atoms with Gasteiger partial charge in [-0.15, -0.1) is 0 Å². The lowest BCUT2D eigenvalue weighted by Gasteiger charge is -2.30. The highest BCUT2D eigenvalue weighted by Crippen LogP contribution is 2.24. The Hall–Kier alpha value is -1.10. The summed E-state index contributed by atoms with van der Waals surface area (Å²) >= 11 is 0. The first-order valence-corrected chi connectivity index (χ1v) is 8.10. The molecule has 4 heteroatoms. The number of likely N-dealkylation sites (N-methyl/N-ethyl adjacent to an activating group) is 1. The van der Waals surface area contributed by atoms with E-state index in [-0.39, 0.29) is 0 Å². The van der Waals surface area contributed by atoms with Crippen molar-refractivity contribution in [2.24, 2.45) is 5.73 Å². The molecule has 0 bridgehead atoms. The molecule has 1 fully saturated rings. The predicted octanol–water partition coefficient (Wildman–Crippen LogP) is 2.11. The third-order valence-electron chi connectivity index (χ3n) is 4.13. The Bertz CT molecular complexity index is 424. The van der Waals surface area contributed by atoms with E-state index < -0.39 is 0 Å². The molecule has 0 radical (unpaired) electrons. The Balaban J connectivity index is 2.08. The first-order valence-electron chi connectivity index (χ1n) is 8.10. The second kappa shape index (κ2) is 8.37. The normalized spacial score (nSPS) is 19.2. The van der Waals surface area contributed by atoms with Gasteiger partial charge >= 0.3 is 0 Å². The largest absolute Gasteiger partial charge is 0.494 e. The predicted molar refractivity (Wildman–Crippen MR) is 87.7 cm³/mol. The molecule has 1 aliphatic rings. The molecule has 2 rings (SSSR count). The molecule has 1 aromatic carbocycles. The van der Waals surface area contributed by atoms with E-state index in [9.17, 15) is 0 Å². The van der Waals surface area contributed by atoms with E-state index in [0.717, 1.165) is 38.4 Å². The van der Waals surface area contributed by atoms with Crippen LogP contribution in [-0.4, -0.2) is 56.2 Å². The molecule has 0 aromatic heterocycles. The van der Waals surface area contributed by atoms with Crippen LogP contribution in [0.5, 0.6) is 5.75 Å². The fourth-order valence-corrected chi connectivity index (χ4v) is 2.91. The van der Waals surface area contributed by atoms with Crippen LogP contribution in [0.3, 0.4) is 0 Å². The summed E-state index contributed by atoms with van der Waals surface area (Å²) in [5.41, 5.74) is 7.35. The zero-order valence-electron chi connectivity index (χ0n) is 13.4. The molecule has 1 heterocycles. The van der Waals surface area contributed by atoms with Crippen LogP contribution in [0.4, 0.5) is 0 Å². The van der Waals surface area contributed by atoms with E-state index in [2.05, 4.69) is 42.0 Å². The maximum absolute atomic E-state index is 6.08. The van der Waals surface area contributed by atoms with Crippen LogP contribution in [0, 0.1) is 0 Å². The van der Waals surface area contributed by atoms with Gasteiger partial charge in [-0.2, -0.15) is 0 Å². The van der Waals surface area contributed by atoms with Crippen LogP contribution in [-0.2, 0) is 0 Å². The van der Waals surface area contributed by atoms with Crippen molar-refractivity contribution in [3.8, 4) is 5.75 Å². The topological polar surface area (TPSA) is 41.7 Å². The molecular formula is C17H29N3O. The molecule has 0 aliphatic carbocycles. The zero-order chi connectivity index (χ0) is 15.1. The number of ether oxygens (including phenoxy) is 1. The number of rotatable bonds is 6. The quantitative estimate of drug-likeness (QED) is 0.871. The van der Waals surface area contributed by atoms with Crippen molar-refractivity contribution in [3.05, 3.63) is 29.8 Å². The fourth-order valence-electron chi connectivity index (χ4n) is 2.91. The Kier molecular flexibility index (Phi) is 6.49. The van der Waals surface area contributed by atoms with Gasteiger partial charge in [0.05, 0.1) is 6.61 Å². The Labute approximate surface area is 128 Å². The first kappa shape index (κ1) is 16.3. The van der Waals surface area contributed by atoms with Gasteiger partial charge < -0.3 is 15.4 Å². The van der Waals surface area contributed by atoms with Crippen LogP contribution in [0.15, 0.2) is 24.3 Å². The van der Waals surface area contributed by atoms with Crippen LogP contribution in [0.2, 0.25) is 0 Å². The molecule has 0 spiro atoms. The van der Waals surface area contributed by atoms with Crippen molar-refractivity contribution >= 4 is 0 Å². The molecule has 1 aromatic rings. The summed E-state index contributed by atoms with van der Waals surface area (Å²) in [6.07, 6.45) is 2.24. The minimum Gasteiger partial charge on any atom is -0.494 e. The van der Waals surface area contributed by atoms with Gasteiger partial charge in [-0.05, 0) is 44.1 Å². The highest BCUT2D eigenvalue weighted by molar-refractivity contribution is 5.31. The SMILES string of the molecule is CCCOc1cccc(C(CN)N2CCCN(C)CC2)c1. The maximum atomic E-state index is 6.08. The molecule has 118 valence electrons. The molecule has 21 heavy (non-hydrogen) atoms. The first-order chi connectivity index (χ1) is 10.2. The Morgan fingerprint density at radius 2 is 2.10 bits per heavy atom. The summed E-state index contributed by atoms with van der Waals surface area (Å²) in [4.78, 5) is 4.91. The van der Waals surface area contributed by atoms with E-state index in [1.807, 2.05) is 6.07 Å². The molecular weight excluding hydrogens is 262 g/mol. The molecule has 1 saturated heterocycles. The smallest absolute Gasteiger partial charge is 0.119 e. The minimum atomic E-state index is 0.293. The summed E-state index contributed by atoms with van der Waals surface area (Å²) in [6.45, 7) is 8.03. The Morgan fingerprint density at radius 1 is 1.24 bits per heavy atom. The third kappa shape index (κ3) is 4.70. The summed E-state index contributed by atoms with van der Waals surface area (Å²) in [5.74, 6) is 0.958. The maximum Gasteiger partial charge on any atom is 0.119 e. The van der Waals surface area contributed by atoms with Crippen molar-refractivity contribution in [1.82, 2.24) is 9.80 Å². The Morgan fingerprint density at radius 3 is 2.86 bits per heavy atom. The highest BCUT2D eigenvalue weighted by atomic mass is 16.5. The average molecular weight is 291 g/mol. The molecule has 2 N–H and O–H groups in total. The number of hydrogen-bond acceptors (Lipinski definition) is 4. The number of nitrogens with zero attached hydrogens (tertiary/aromatic N) is 2. The van der Waals surface area contributed by atoms with E-state index in [1.54, 1.807) is 0 Å². The highest BCUT2D eigenvalue weighted by Gasteiger charge is 2.21. The van der Waals surface area contributed by atoms with Crippen molar-refractivity contribution in [2.75, 3.05) is 46.4 Å². The summed E-state index contributed by atoms with van der Waals surface area (Å²) < 4.78 is 5.75. The fraction of sp³-hybridized carbons (Fsp3) is 0.647. The van der Waals surface area contributed by atoms with E-state index in [4.69, 9.17) is 10.5 Å². The van der Waals surface area contributed by atoms with Gasteiger partial charge in [-0.25, -0.2) is 0 Å². The standard InChI is InChI=1S/C17H29N3O/c1-3-12-21-16-7-4-6-15(13-16)17(14-18)20-9-5-8-19(2)10-11-20/h4,6-7,13,17H,3,5,8-12,14,18H2,1-2H3. The molecule has 1 atom stereocenters. The van der Waals surface area contributed by atoms with Crippen LogP contribution in [0.25, 0.3) is 0 Å². The third-order valence-corrected chi connectivity index (χ3v) is 4.13. The lowest BCUT2D eigenvalue weighted by molar-refractivity contribution is 0.207. The second-order valence-electron chi connectivity index (χ2n) is 5.87. The molecule has 1 aliphatic heterocycles. The lowest BCUT2D eigenvalue weighted by atomic mass is 10.0. The number of hydrogen-bond donors (Lipinski definition) is 1. The lowest BCUT2D eigenvalue weighted by Crippen LogP contribution is -2.36. The second-order valence-corrected chi connectivity index (χ2v) is 5.87. The van der Waals surface area contributed by atoms with Crippen molar-refractivity contribution < 1.29 is 4.74 Å². The van der Waals surface area contributed by atoms with E-state index in [1.165, 1.54) is 18.5 Å². The molecule has 0 saturated carbocycles. The molecule has 1 unspecified atom stereocenters. The van der Waals surface area contributed by atoms with Gasteiger partial charge in [0.25, 0.3) is 0 Å². The van der Waals surface area contributed by atoms with Gasteiger partial charge in [0.1, 0.15) is 5.75 Å². The van der Waals surface area contributed by atoms with Gasteiger partial charge in [-0.1, -0.05) is 19.1 Å². The molecule has 4 nitrogen and oxygen atoms in total. The van der Waals surface area contributed by atoms with Crippen LogP contribution >= 0.6 is 0 Å². The summed E-state index contributed by atoms with van der Waals surface area (Å²) in [7, 11) is 2.19.